The van der Waals surface area contributed by atoms with E-state index in [-0.39, 0.29) is 12.1 Å². The minimum Gasteiger partial charge on any atom is -0.391 e. The fraction of sp³-hybridized carbons (Fsp3) is 0.353. The standard InChI is InChI=1S/C17H19N5O/c23-17-8-12(10-22-6-5-19-11-22)7-15(17)21-14-2-4-20-16-9-18-3-1-13(14)16/h1-6,9,11-12,15,17,23H,7-8,10H2,(H,20,21)/t12?,15-,17-/m1/s1. The fourth-order valence-electron chi connectivity index (χ4n) is 3.44. The quantitative estimate of drug-likeness (QED) is 0.771. The second kappa shape index (κ2) is 5.96. The maximum absolute atomic E-state index is 10.4. The topological polar surface area (TPSA) is 75.9 Å². The molecule has 1 unspecified atom stereocenters. The van der Waals surface area contributed by atoms with Crippen LogP contribution < -0.4 is 5.32 Å². The van der Waals surface area contributed by atoms with Gasteiger partial charge in [0.25, 0.3) is 0 Å². The highest BCUT2D eigenvalue weighted by Crippen LogP contribution is 2.31. The number of hydrogen-bond donors (Lipinski definition) is 2. The number of fused-ring (bicyclic) bond motifs is 1. The van der Waals surface area contributed by atoms with Crippen LogP contribution >= 0.6 is 0 Å². The van der Waals surface area contributed by atoms with Crippen molar-refractivity contribution >= 4 is 16.6 Å². The monoisotopic (exact) mass is 309 g/mol. The average molecular weight is 309 g/mol. The summed E-state index contributed by atoms with van der Waals surface area (Å²) in [5, 5.41) is 14.9. The van der Waals surface area contributed by atoms with E-state index in [4.69, 9.17) is 0 Å². The van der Waals surface area contributed by atoms with Crippen molar-refractivity contribution in [1.82, 2.24) is 19.5 Å². The first-order valence-electron chi connectivity index (χ1n) is 7.88. The van der Waals surface area contributed by atoms with Gasteiger partial charge in [0, 0.05) is 42.4 Å². The van der Waals surface area contributed by atoms with E-state index in [2.05, 4.69) is 24.8 Å². The zero-order valence-electron chi connectivity index (χ0n) is 12.7. The zero-order valence-corrected chi connectivity index (χ0v) is 12.7. The van der Waals surface area contributed by atoms with Gasteiger partial charge in [0.1, 0.15) is 0 Å². The number of rotatable bonds is 4. The molecular formula is C17H19N5O. The lowest BCUT2D eigenvalue weighted by Gasteiger charge is -2.19. The Hall–Kier alpha value is -2.47. The molecule has 1 aliphatic carbocycles. The lowest BCUT2D eigenvalue weighted by molar-refractivity contribution is 0.166. The van der Waals surface area contributed by atoms with Crippen LogP contribution in [-0.2, 0) is 6.54 Å². The maximum atomic E-state index is 10.4. The maximum Gasteiger partial charge on any atom is 0.0945 e. The number of aliphatic hydroxyl groups excluding tert-OH is 1. The third kappa shape index (κ3) is 2.90. The molecule has 3 aromatic heterocycles. The van der Waals surface area contributed by atoms with Crippen LogP contribution in [0.1, 0.15) is 12.8 Å². The number of hydrogen-bond acceptors (Lipinski definition) is 5. The summed E-state index contributed by atoms with van der Waals surface area (Å²) in [5.74, 6) is 0.450. The van der Waals surface area contributed by atoms with Gasteiger partial charge in [-0.3, -0.25) is 9.97 Å². The zero-order chi connectivity index (χ0) is 15.6. The van der Waals surface area contributed by atoms with Crippen molar-refractivity contribution in [3.05, 3.63) is 49.4 Å². The van der Waals surface area contributed by atoms with Crippen LogP contribution in [0, 0.1) is 5.92 Å². The fourth-order valence-corrected chi connectivity index (χ4v) is 3.44. The Kier molecular flexibility index (Phi) is 3.67. The third-order valence-electron chi connectivity index (χ3n) is 4.54. The summed E-state index contributed by atoms with van der Waals surface area (Å²) in [6.45, 7) is 0.899. The van der Waals surface area contributed by atoms with Gasteiger partial charge < -0.3 is 15.0 Å². The number of aliphatic hydroxyl groups is 1. The molecule has 0 radical (unpaired) electrons. The van der Waals surface area contributed by atoms with E-state index < -0.39 is 0 Å². The summed E-state index contributed by atoms with van der Waals surface area (Å²) in [5.41, 5.74) is 1.87. The normalized spacial score (nSPS) is 24.1. The van der Waals surface area contributed by atoms with E-state index in [1.54, 1.807) is 24.8 Å². The molecule has 0 spiro atoms. The largest absolute Gasteiger partial charge is 0.391 e. The Morgan fingerprint density at radius 3 is 3.00 bits per heavy atom. The molecule has 0 aliphatic heterocycles. The molecule has 1 fully saturated rings. The molecule has 2 N–H and O–H groups in total. The second-order valence-electron chi connectivity index (χ2n) is 6.17. The van der Waals surface area contributed by atoms with Gasteiger partial charge in [-0.05, 0) is 30.9 Å². The van der Waals surface area contributed by atoms with E-state index in [1.165, 1.54) is 0 Å². The van der Waals surface area contributed by atoms with Crippen molar-refractivity contribution in [2.75, 3.05) is 5.32 Å². The van der Waals surface area contributed by atoms with Crippen molar-refractivity contribution in [2.24, 2.45) is 5.92 Å². The highest BCUT2D eigenvalue weighted by molar-refractivity contribution is 5.90. The Morgan fingerprint density at radius 1 is 1.17 bits per heavy atom. The minimum atomic E-state index is -0.339. The Balaban J connectivity index is 1.50. The van der Waals surface area contributed by atoms with Crippen LogP contribution in [-0.4, -0.2) is 36.8 Å². The van der Waals surface area contributed by atoms with Gasteiger partial charge >= 0.3 is 0 Å². The molecular weight excluding hydrogens is 290 g/mol. The summed E-state index contributed by atoms with van der Waals surface area (Å²) in [4.78, 5) is 12.5. The lowest BCUT2D eigenvalue weighted by Crippen LogP contribution is -2.28. The van der Waals surface area contributed by atoms with E-state index in [0.29, 0.717) is 5.92 Å². The number of aromatic nitrogens is 4. The average Bonchev–Trinajstić information content (AvgIpc) is 3.18. The van der Waals surface area contributed by atoms with Gasteiger partial charge in [0.2, 0.25) is 0 Å². The summed E-state index contributed by atoms with van der Waals surface area (Å²) in [6.07, 6.45) is 12.3. The first-order valence-corrected chi connectivity index (χ1v) is 7.88. The summed E-state index contributed by atoms with van der Waals surface area (Å²) < 4.78 is 2.08. The molecule has 0 bridgehead atoms. The van der Waals surface area contributed by atoms with Gasteiger partial charge in [-0.2, -0.15) is 0 Å². The van der Waals surface area contributed by atoms with E-state index in [0.717, 1.165) is 36.0 Å². The van der Waals surface area contributed by atoms with Crippen LogP contribution in [0.15, 0.2) is 49.4 Å². The van der Waals surface area contributed by atoms with Gasteiger partial charge in [0.15, 0.2) is 0 Å². The molecule has 1 aliphatic rings. The van der Waals surface area contributed by atoms with Crippen LogP contribution in [0.25, 0.3) is 10.9 Å². The number of nitrogens with one attached hydrogen (secondary N) is 1. The Bertz CT molecular complexity index is 783. The molecule has 6 nitrogen and oxygen atoms in total. The lowest BCUT2D eigenvalue weighted by atomic mass is 10.1. The predicted molar refractivity (Wildman–Crippen MR) is 87.9 cm³/mol. The van der Waals surface area contributed by atoms with Crippen molar-refractivity contribution in [2.45, 2.75) is 31.5 Å². The molecule has 23 heavy (non-hydrogen) atoms. The van der Waals surface area contributed by atoms with Gasteiger partial charge in [-0.25, -0.2) is 4.98 Å². The SMILES string of the molecule is O[C@@H]1CC(Cn2ccnc2)C[C@H]1Nc1ccnc2cnccc12. The van der Waals surface area contributed by atoms with E-state index in [9.17, 15) is 5.11 Å². The van der Waals surface area contributed by atoms with E-state index in [1.807, 2.05) is 24.7 Å². The first-order chi connectivity index (χ1) is 11.3. The highest BCUT2D eigenvalue weighted by Gasteiger charge is 2.33. The van der Waals surface area contributed by atoms with Crippen LogP contribution in [0.3, 0.4) is 0 Å². The van der Waals surface area contributed by atoms with Crippen LogP contribution in [0.4, 0.5) is 5.69 Å². The molecule has 0 aromatic carbocycles. The summed E-state index contributed by atoms with van der Waals surface area (Å²) >= 11 is 0. The summed E-state index contributed by atoms with van der Waals surface area (Å²) in [7, 11) is 0. The predicted octanol–water partition coefficient (Wildman–Crippen LogP) is 2.08. The highest BCUT2D eigenvalue weighted by atomic mass is 16.3. The van der Waals surface area contributed by atoms with Crippen molar-refractivity contribution in [3.8, 4) is 0 Å². The number of pyridine rings is 2. The van der Waals surface area contributed by atoms with Gasteiger partial charge in [0.05, 0.1) is 30.2 Å². The van der Waals surface area contributed by atoms with E-state index >= 15 is 0 Å². The molecule has 1 saturated carbocycles. The Morgan fingerprint density at radius 2 is 2.13 bits per heavy atom. The molecule has 0 amide bonds. The number of anilines is 1. The van der Waals surface area contributed by atoms with Crippen molar-refractivity contribution < 1.29 is 5.11 Å². The number of nitrogens with zero attached hydrogens (tertiary/aromatic N) is 4. The van der Waals surface area contributed by atoms with Gasteiger partial charge in [-0.15, -0.1) is 0 Å². The molecule has 3 heterocycles. The summed E-state index contributed by atoms with van der Waals surface area (Å²) in [6, 6.07) is 3.97. The van der Waals surface area contributed by atoms with Crippen molar-refractivity contribution in [3.63, 3.8) is 0 Å². The first kappa shape index (κ1) is 14.1. The smallest absolute Gasteiger partial charge is 0.0945 e. The number of imidazole rings is 1. The van der Waals surface area contributed by atoms with Crippen molar-refractivity contribution in [1.29, 1.82) is 0 Å². The molecule has 118 valence electrons. The Labute approximate surface area is 134 Å². The van der Waals surface area contributed by atoms with Gasteiger partial charge in [-0.1, -0.05) is 0 Å². The van der Waals surface area contributed by atoms with Crippen LogP contribution in [0.5, 0.6) is 0 Å². The molecule has 4 rings (SSSR count). The second-order valence-corrected chi connectivity index (χ2v) is 6.17. The molecule has 0 saturated heterocycles. The molecule has 3 aromatic rings. The molecule has 3 atom stereocenters. The van der Waals surface area contributed by atoms with Crippen LogP contribution in [0.2, 0.25) is 0 Å². The molecule has 6 heteroatoms. The minimum absolute atomic E-state index is 0.0577. The third-order valence-corrected chi connectivity index (χ3v) is 4.54.